The lowest BCUT2D eigenvalue weighted by molar-refractivity contribution is -0.175. The molecule has 1 aliphatic rings. The third kappa shape index (κ3) is 9.90. The fourth-order valence-electron chi connectivity index (χ4n) is 6.30. The zero-order valence-corrected chi connectivity index (χ0v) is 32.4. The summed E-state index contributed by atoms with van der Waals surface area (Å²) in [5.41, 5.74) is 0.308. The van der Waals surface area contributed by atoms with Gasteiger partial charge in [-0.3, -0.25) is 14.4 Å². The Morgan fingerprint density at radius 1 is 0.979 bits per heavy atom. The van der Waals surface area contributed by atoms with Crippen LogP contribution in [-0.4, -0.2) is 52.9 Å². The zero-order valence-electron chi connectivity index (χ0n) is 31.6. The van der Waals surface area contributed by atoms with E-state index in [4.69, 9.17) is 4.98 Å². The minimum absolute atomic E-state index is 0.0748. The summed E-state index contributed by atoms with van der Waals surface area (Å²) >= 11 is 1.66. The normalized spacial score (nSPS) is 17.2. The van der Waals surface area contributed by atoms with Gasteiger partial charge in [0.15, 0.2) is 5.13 Å². The molecule has 0 aromatic carbocycles. The average molecular weight is 670 g/mol. The summed E-state index contributed by atoms with van der Waals surface area (Å²) in [6.07, 6.45) is 10.6. The molecule has 3 amide bonds. The van der Waals surface area contributed by atoms with Crippen LogP contribution in [0, 0.1) is 34.5 Å². The number of hydrogen-bond acceptors (Lipinski definition) is 7. The summed E-state index contributed by atoms with van der Waals surface area (Å²) in [5, 5.41) is 13.0. The van der Waals surface area contributed by atoms with E-state index in [1.165, 1.54) is 45.6 Å². The van der Waals surface area contributed by atoms with E-state index in [0.29, 0.717) is 23.8 Å². The molecule has 0 fully saturated rings. The summed E-state index contributed by atoms with van der Waals surface area (Å²) in [7, 11) is 1.44. The van der Waals surface area contributed by atoms with E-state index in [-0.39, 0.29) is 16.9 Å². The van der Waals surface area contributed by atoms with E-state index in [1.807, 2.05) is 6.07 Å². The SMILES string of the molecule is CCCCC(CC)CN(CC(CC)CCCC)c1nc(C(C)(C)CC)c(CC2C(=O)N(N(C)C(=O)C(C)(C)C)C(=O)C(C#N)=C2C)s1. The van der Waals surface area contributed by atoms with Crippen LogP contribution in [-0.2, 0) is 26.2 Å². The molecule has 0 spiro atoms. The lowest BCUT2D eigenvalue weighted by atomic mass is 9.82. The van der Waals surface area contributed by atoms with Crippen molar-refractivity contribution in [1.82, 2.24) is 15.0 Å². The number of carbonyl (C=O) groups excluding carboxylic acids is 3. The summed E-state index contributed by atoms with van der Waals surface area (Å²) in [6, 6.07) is 2.05. The van der Waals surface area contributed by atoms with Crippen LogP contribution >= 0.6 is 11.3 Å². The number of amides is 3. The Hall–Kier alpha value is -2.73. The number of nitrogens with zero attached hydrogens (tertiary/aromatic N) is 5. The maximum atomic E-state index is 14.2. The largest absolute Gasteiger partial charge is 0.348 e. The molecule has 0 radical (unpaired) electrons. The Morgan fingerprint density at radius 2 is 1.51 bits per heavy atom. The van der Waals surface area contributed by atoms with Gasteiger partial charge in [0.2, 0.25) is 5.91 Å². The van der Waals surface area contributed by atoms with Crippen molar-refractivity contribution in [3.05, 3.63) is 21.7 Å². The standard InChI is InChI=1S/C38H63N5O3S/c1-13-18-20-27(15-3)24-42(25-28(16-4)21-19-14-2)36-40-32(38(10,11)17-5)31(47-36)22-29-26(6)30(23-39)34(45)43(33(29)44)41(12)35(46)37(7,8)9/h27-29H,13-22,24-25H2,1-12H3. The summed E-state index contributed by atoms with van der Waals surface area (Å²) in [6.45, 7) is 24.5. The lowest BCUT2D eigenvalue weighted by Gasteiger charge is -2.38. The van der Waals surface area contributed by atoms with Gasteiger partial charge in [-0.1, -0.05) is 108 Å². The number of imide groups is 1. The van der Waals surface area contributed by atoms with Crippen molar-refractivity contribution in [3.8, 4) is 6.07 Å². The topological polar surface area (TPSA) is 97.6 Å². The van der Waals surface area contributed by atoms with Crippen molar-refractivity contribution in [2.75, 3.05) is 25.0 Å². The van der Waals surface area contributed by atoms with E-state index >= 15 is 0 Å². The minimum Gasteiger partial charge on any atom is -0.348 e. The molecule has 2 heterocycles. The smallest absolute Gasteiger partial charge is 0.290 e. The highest BCUT2D eigenvalue weighted by atomic mass is 32.1. The van der Waals surface area contributed by atoms with Crippen molar-refractivity contribution >= 4 is 34.2 Å². The second-order valence-corrected chi connectivity index (χ2v) is 16.3. The van der Waals surface area contributed by atoms with Gasteiger partial charge in [0.05, 0.1) is 11.6 Å². The van der Waals surface area contributed by atoms with Gasteiger partial charge < -0.3 is 4.90 Å². The highest BCUT2D eigenvalue weighted by Crippen LogP contribution is 2.40. The molecule has 264 valence electrons. The van der Waals surface area contributed by atoms with Crippen LogP contribution in [0.4, 0.5) is 5.13 Å². The van der Waals surface area contributed by atoms with Gasteiger partial charge in [0.25, 0.3) is 11.8 Å². The molecule has 0 aliphatic carbocycles. The number of carbonyl (C=O) groups is 3. The highest BCUT2D eigenvalue weighted by Gasteiger charge is 2.45. The number of nitriles is 1. The predicted molar refractivity (Wildman–Crippen MR) is 194 cm³/mol. The van der Waals surface area contributed by atoms with E-state index in [1.54, 1.807) is 39.0 Å². The number of hydrogen-bond donors (Lipinski definition) is 0. The Balaban J connectivity index is 2.68. The molecule has 1 aromatic heterocycles. The number of anilines is 1. The zero-order chi connectivity index (χ0) is 35.7. The maximum absolute atomic E-state index is 14.2. The van der Waals surface area contributed by atoms with E-state index in [0.717, 1.165) is 58.1 Å². The van der Waals surface area contributed by atoms with Crippen molar-refractivity contribution in [1.29, 1.82) is 5.26 Å². The third-order valence-electron chi connectivity index (χ3n) is 10.1. The first kappa shape index (κ1) is 40.4. The van der Waals surface area contributed by atoms with E-state index in [9.17, 15) is 19.6 Å². The first-order valence-electron chi connectivity index (χ1n) is 18.0. The first-order valence-corrected chi connectivity index (χ1v) is 18.9. The Morgan fingerprint density at radius 3 is 1.94 bits per heavy atom. The fourth-order valence-corrected chi connectivity index (χ4v) is 7.61. The molecular weight excluding hydrogens is 607 g/mol. The summed E-state index contributed by atoms with van der Waals surface area (Å²) < 4.78 is 0. The third-order valence-corrected chi connectivity index (χ3v) is 11.2. The number of hydrazine groups is 1. The lowest BCUT2D eigenvalue weighted by Crippen LogP contribution is -2.58. The van der Waals surface area contributed by atoms with Crippen LogP contribution < -0.4 is 4.90 Å². The van der Waals surface area contributed by atoms with Gasteiger partial charge in [-0.25, -0.2) is 9.99 Å². The van der Waals surface area contributed by atoms with Crippen LogP contribution in [0.1, 0.15) is 145 Å². The quantitative estimate of drug-likeness (QED) is 0.145. The molecule has 0 saturated heterocycles. The molecule has 47 heavy (non-hydrogen) atoms. The fraction of sp³-hybridized carbons (Fsp3) is 0.763. The summed E-state index contributed by atoms with van der Waals surface area (Å²) in [5.74, 6) is -1.20. The van der Waals surface area contributed by atoms with Crippen LogP contribution in [0.3, 0.4) is 0 Å². The van der Waals surface area contributed by atoms with Crippen LogP contribution in [0.15, 0.2) is 11.1 Å². The van der Waals surface area contributed by atoms with Gasteiger partial charge >= 0.3 is 0 Å². The van der Waals surface area contributed by atoms with Crippen LogP contribution in [0.5, 0.6) is 0 Å². The molecule has 0 bridgehead atoms. The molecule has 9 heteroatoms. The molecule has 3 atom stereocenters. The van der Waals surface area contributed by atoms with E-state index < -0.39 is 23.1 Å². The van der Waals surface area contributed by atoms with Gasteiger partial charge in [-0.15, -0.1) is 11.3 Å². The van der Waals surface area contributed by atoms with Crippen molar-refractivity contribution < 1.29 is 14.4 Å². The van der Waals surface area contributed by atoms with Gasteiger partial charge in [-0.2, -0.15) is 10.3 Å². The number of aromatic nitrogens is 1. The second-order valence-electron chi connectivity index (χ2n) is 15.2. The predicted octanol–water partition coefficient (Wildman–Crippen LogP) is 8.86. The Bertz CT molecular complexity index is 1280. The molecule has 2 rings (SSSR count). The molecule has 3 unspecified atom stereocenters. The minimum atomic E-state index is -0.816. The summed E-state index contributed by atoms with van der Waals surface area (Å²) in [4.78, 5) is 49.7. The molecule has 0 N–H and O–H groups in total. The molecular formula is C38H63N5O3S. The number of rotatable bonds is 18. The monoisotopic (exact) mass is 669 g/mol. The van der Waals surface area contributed by atoms with E-state index in [2.05, 4.69) is 53.4 Å². The van der Waals surface area contributed by atoms with Gasteiger partial charge in [-0.05, 0) is 50.0 Å². The molecule has 0 saturated carbocycles. The Labute approximate surface area is 289 Å². The second kappa shape index (κ2) is 17.6. The van der Waals surface area contributed by atoms with Crippen molar-refractivity contribution in [2.24, 2.45) is 23.2 Å². The van der Waals surface area contributed by atoms with Gasteiger partial charge in [0, 0.05) is 35.8 Å². The van der Waals surface area contributed by atoms with Crippen LogP contribution in [0.25, 0.3) is 0 Å². The van der Waals surface area contributed by atoms with Crippen LogP contribution in [0.2, 0.25) is 0 Å². The number of unbranched alkanes of at least 4 members (excludes halogenated alkanes) is 2. The molecule has 1 aliphatic heterocycles. The molecule has 8 nitrogen and oxygen atoms in total. The number of thiazole rings is 1. The average Bonchev–Trinajstić information content (AvgIpc) is 3.46. The van der Waals surface area contributed by atoms with Crippen molar-refractivity contribution in [3.63, 3.8) is 0 Å². The molecule has 1 aromatic rings. The highest BCUT2D eigenvalue weighted by molar-refractivity contribution is 7.15. The first-order chi connectivity index (χ1) is 22.0. The Kier molecular flexibility index (Phi) is 15.1. The van der Waals surface area contributed by atoms with Gasteiger partial charge in [0.1, 0.15) is 11.6 Å². The van der Waals surface area contributed by atoms with Crippen molar-refractivity contribution in [2.45, 2.75) is 146 Å². The maximum Gasteiger partial charge on any atom is 0.290 e.